The zero-order chi connectivity index (χ0) is 21.7. The van der Waals surface area contributed by atoms with Crippen LogP contribution in [-0.4, -0.2) is 30.7 Å². The minimum atomic E-state index is -4.25. The summed E-state index contributed by atoms with van der Waals surface area (Å²) < 4.78 is 31.0. The third-order valence-corrected chi connectivity index (χ3v) is 5.80. The minimum absolute atomic E-state index is 0.0155. The molecule has 0 heterocycles. The highest BCUT2D eigenvalue weighted by Gasteiger charge is 2.12. The summed E-state index contributed by atoms with van der Waals surface area (Å²) in [6.07, 6.45) is 10.5. The van der Waals surface area contributed by atoms with Gasteiger partial charge in [-0.15, -0.1) is 0 Å². The van der Waals surface area contributed by atoms with Crippen LogP contribution in [0.1, 0.15) is 94.8 Å². The summed E-state index contributed by atoms with van der Waals surface area (Å²) in [5, 5.41) is 2.98. The van der Waals surface area contributed by atoms with Crippen molar-refractivity contribution in [1.29, 1.82) is 0 Å². The number of carbonyl (C=O) groups is 2. The second-order valence-electron chi connectivity index (χ2n) is 7.65. The van der Waals surface area contributed by atoms with Crippen molar-refractivity contribution in [2.45, 2.75) is 95.4 Å². The number of hydrogen-bond donors (Lipinski definition) is 2. The van der Waals surface area contributed by atoms with Crippen LogP contribution in [0.15, 0.2) is 29.2 Å². The molecule has 0 radical (unpaired) electrons. The molecule has 0 aliphatic carbocycles. The highest BCUT2D eigenvalue weighted by molar-refractivity contribution is 7.85. The molecule has 164 valence electrons. The minimum Gasteiger partial charge on any atom is -0.354 e. The van der Waals surface area contributed by atoms with E-state index in [1.807, 2.05) is 6.92 Å². The van der Waals surface area contributed by atoms with Gasteiger partial charge in [0.15, 0.2) is 5.78 Å². The molecule has 1 aromatic rings. The molecule has 2 N–H and O–H groups in total. The van der Waals surface area contributed by atoms with E-state index in [4.69, 9.17) is 4.55 Å². The highest BCUT2D eigenvalue weighted by Crippen LogP contribution is 2.13. The summed E-state index contributed by atoms with van der Waals surface area (Å²) in [4.78, 5) is 23.9. The number of unbranched alkanes of at least 4 members (excludes halogenated alkanes) is 6. The third-order valence-electron chi connectivity index (χ3n) is 4.93. The Morgan fingerprint density at radius 2 is 1.52 bits per heavy atom. The number of rotatable bonds is 15. The van der Waals surface area contributed by atoms with Gasteiger partial charge in [0.05, 0.1) is 4.90 Å². The monoisotopic (exact) mass is 425 g/mol. The van der Waals surface area contributed by atoms with Gasteiger partial charge in [-0.3, -0.25) is 14.1 Å². The van der Waals surface area contributed by atoms with Crippen molar-refractivity contribution in [2.75, 3.05) is 0 Å². The van der Waals surface area contributed by atoms with Gasteiger partial charge in [-0.2, -0.15) is 8.42 Å². The van der Waals surface area contributed by atoms with E-state index in [1.54, 1.807) is 0 Å². The van der Waals surface area contributed by atoms with E-state index in [9.17, 15) is 18.0 Å². The van der Waals surface area contributed by atoms with Crippen LogP contribution in [0, 0.1) is 0 Å². The Bertz CT molecular complexity index is 728. The van der Waals surface area contributed by atoms with E-state index in [1.165, 1.54) is 56.4 Å². The fourth-order valence-corrected chi connectivity index (χ4v) is 3.67. The Morgan fingerprint density at radius 3 is 2.10 bits per heavy atom. The molecule has 7 heteroatoms. The Morgan fingerprint density at radius 1 is 0.931 bits per heavy atom. The average Bonchev–Trinajstić information content (AvgIpc) is 2.66. The number of Topliss-reactive ketones (excluding diaryl/α,β-unsaturated/α-hetero) is 1. The Hall–Kier alpha value is -1.73. The van der Waals surface area contributed by atoms with Crippen molar-refractivity contribution in [3.8, 4) is 0 Å². The fourth-order valence-electron chi connectivity index (χ4n) is 3.19. The smallest absolute Gasteiger partial charge is 0.294 e. The molecule has 0 aromatic heterocycles. The molecule has 0 saturated carbocycles. The Kier molecular flexibility index (Phi) is 11.8. The van der Waals surface area contributed by atoms with Crippen LogP contribution < -0.4 is 5.32 Å². The molecule has 1 rings (SSSR count). The molecule has 0 aliphatic heterocycles. The zero-order valence-corrected chi connectivity index (χ0v) is 18.5. The second-order valence-corrected chi connectivity index (χ2v) is 9.08. The largest absolute Gasteiger partial charge is 0.354 e. The Balaban J connectivity index is 2.20. The number of amides is 1. The summed E-state index contributed by atoms with van der Waals surface area (Å²) in [5.74, 6) is -0.0216. The lowest BCUT2D eigenvalue weighted by Gasteiger charge is -2.13. The van der Waals surface area contributed by atoms with Gasteiger partial charge < -0.3 is 5.32 Å². The summed E-state index contributed by atoms with van der Waals surface area (Å²) in [6.45, 7) is 4.14. The van der Waals surface area contributed by atoms with Gasteiger partial charge in [-0.1, -0.05) is 57.6 Å². The van der Waals surface area contributed by atoms with Crippen molar-refractivity contribution in [3.63, 3.8) is 0 Å². The SMILES string of the molecule is CCCCCCCCCC(=O)NC(C)CCCC(=O)c1ccc(S(=O)(=O)O)cc1. The first-order chi connectivity index (χ1) is 13.7. The summed E-state index contributed by atoms with van der Waals surface area (Å²) in [5.41, 5.74) is 0.410. The van der Waals surface area contributed by atoms with Crippen LogP contribution in [0.3, 0.4) is 0 Å². The topological polar surface area (TPSA) is 101 Å². The molecule has 0 bridgehead atoms. The lowest BCUT2D eigenvalue weighted by Crippen LogP contribution is -2.32. The van der Waals surface area contributed by atoms with Crippen molar-refractivity contribution in [2.24, 2.45) is 0 Å². The quantitative estimate of drug-likeness (QED) is 0.236. The van der Waals surface area contributed by atoms with Crippen LogP contribution in [0.25, 0.3) is 0 Å². The standard InChI is InChI=1S/C22H35NO5S/c1-3-4-5-6-7-8-9-13-22(25)23-18(2)11-10-12-21(24)19-14-16-20(17-15-19)29(26,27)28/h14-18H,3-13H2,1-2H3,(H,23,25)(H,26,27,28). The maximum atomic E-state index is 12.2. The normalized spacial score (nSPS) is 12.5. The van der Waals surface area contributed by atoms with E-state index >= 15 is 0 Å². The lowest BCUT2D eigenvalue weighted by atomic mass is 10.0. The molecule has 1 amide bonds. The van der Waals surface area contributed by atoms with Crippen molar-refractivity contribution in [3.05, 3.63) is 29.8 Å². The van der Waals surface area contributed by atoms with Gasteiger partial charge in [0.1, 0.15) is 0 Å². The van der Waals surface area contributed by atoms with Crippen molar-refractivity contribution < 1.29 is 22.6 Å². The van der Waals surface area contributed by atoms with Crippen LogP contribution in [0.4, 0.5) is 0 Å². The molecular weight excluding hydrogens is 390 g/mol. The van der Waals surface area contributed by atoms with Gasteiger partial charge in [0.2, 0.25) is 5.91 Å². The summed E-state index contributed by atoms with van der Waals surface area (Å²) in [6, 6.07) is 5.25. The maximum Gasteiger partial charge on any atom is 0.294 e. The lowest BCUT2D eigenvalue weighted by molar-refractivity contribution is -0.121. The van der Waals surface area contributed by atoms with Gasteiger partial charge in [-0.25, -0.2) is 0 Å². The van der Waals surface area contributed by atoms with Gasteiger partial charge in [-0.05, 0) is 38.3 Å². The molecule has 29 heavy (non-hydrogen) atoms. The van der Waals surface area contributed by atoms with E-state index in [0.29, 0.717) is 31.2 Å². The number of benzene rings is 1. The highest BCUT2D eigenvalue weighted by atomic mass is 32.2. The number of carbonyl (C=O) groups excluding carboxylic acids is 2. The molecule has 1 aromatic carbocycles. The summed E-state index contributed by atoms with van der Waals surface area (Å²) >= 11 is 0. The Labute approximate surface area is 175 Å². The van der Waals surface area contributed by atoms with Crippen molar-refractivity contribution >= 4 is 21.8 Å². The molecule has 0 saturated heterocycles. The predicted molar refractivity (Wildman–Crippen MR) is 115 cm³/mol. The second kappa shape index (κ2) is 13.5. The maximum absolute atomic E-state index is 12.2. The van der Waals surface area contributed by atoms with E-state index in [-0.39, 0.29) is 22.6 Å². The average molecular weight is 426 g/mol. The van der Waals surface area contributed by atoms with Crippen molar-refractivity contribution in [1.82, 2.24) is 5.32 Å². The summed E-state index contributed by atoms with van der Waals surface area (Å²) in [7, 11) is -4.25. The number of ketones is 1. The van der Waals surface area contributed by atoms with Crippen LogP contribution in [-0.2, 0) is 14.9 Å². The van der Waals surface area contributed by atoms with Gasteiger partial charge in [0.25, 0.3) is 10.1 Å². The fraction of sp³-hybridized carbons (Fsp3) is 0.636. The molecule has 6 nitrogen and oxygen atoms in total. The van der Waals surface area contributed by atoms with Crippen LogP contribution >= 0.6 is 0 Å². The molecule has 0 spiro atoms. The molecule has 1 unspecified atom stereocenters. The van der Waals surface area contributed by atoms with Gasteiger partial charge >= 0.3 is 0 Å². The molecule has 1 atom stereocenters. The zero-order valence-electron chi connectivity index (χ0n) is 17.7. The van der Waals surface area contributed by atoms with Gasteiger partial charge in [0, 0.05) is 24.4 Å². The van der Waals surface area contributed by atoms with Crippen LogP contribution in [0.5, 0.6) is 0 Å². The third kappa shape index (κ3) is 11.1. The van der Waals surface area contributed by atoms with E-state index < -0.39 is 10.1 Å². The van der Waals surface area contributed by atoms with E-state index in [2.05, 4.69) is 12.2 Å². The number of hydrogen-bond acceptors (Lipinski definition) is 4. The number of nitrogens with one attached hydrogen (secondary N) is 1. The first-order valence-electron chi connectivity index (χ1n) is 10.6. The van der Waals surface area contributed by atoms with E-state index in [0.717, 1.165) is 12.8 Å². The molecule has 0 fully saturated rings. The predicted octanol–water partition coefficient (Wildman–Crippen LogP) is 4.93. The first-order valence-corrected chi connectivity index (χ1v) is 12.1. The first kappa shape index (κ1) is 25.3. The van der Waals surface area contributed by atoms with Crippen LogP contribution in [0.2, 0.25) is 0 Å². The molecular formula is C22H35NO5S. The molecule has 0 aliphatic rings.